The SMILES string of the molecule is CCOc1ccccc1CN1CCCC(C(=O)c2cccc(OC)c2)C1. The first-order valence-electron chi connectivity index (χ1n) is 9.32. The fourth-order valence-corrected chi connectivity index (χ4v) is 3.60. The molecule has 4 heteroatoms. The van der Waals surface area contributed by atoms with Crippen molar-refractivity contribution in [3.8, 4) is 11.5 Å². The minimum Gasteiger partial charge on any atom is -0.497 e. The molecule has 1 saturated heterocycles. The van der Waals surface area contributed by atoms with Gasteiger partial charge in [-0.3, -0.25) is 9.69 Å². The van der Waals surface area contributed by atoms with Gasteiger partial charge in [-0.05, 0) is 44.5 Å². The molecule has 0 aromatic heterocycles. The molecule has 0 aliphatic carbocycles. The first-order chi connectivity index (χ1) is 12.7. The molecule has 1 fully saturated rings. The fraction of sp³-hybridized carbons (Fsp3) is 0.409. The maximum atomic E-state index is 12.9. The number of ketones is 1. The molecule has 3 rings (SSSR count). The predicted octanol–water partition coefficient (Wildman–Crippen LogP) is 4.19. The van der Waals surface area contributed by atoms with Crippen molar-refractivity contribution in [2.45, 2.75) is 26.3 Å². The Morgan fingerprint density at radius 2 is 2.04 bits per heavy atom. The lowest BCUT2D eigenvalue weighted by Crippen LogP contribution is -2.38. The minimum absolute atomic E-state index is 0.0371. The van der Waals surface area contributed by atoms with E-state index in [4.69, 9.17) is 9.47 Å². The molecule has 4 nitrogen and oxygen atoms in total. The van der Waals surface area contributed by atoms with E-state index in [9.17, 15) is 4.79 Å². The van der Waals surface area contributed by atoms with Gasteiger partial charge in [0.15, 0.2) is 5.78 Å². The second kappa shape index (κ2) is 8.86. The number of hydrogen-bond acceptors (Lipinski definition) is 4. The van der Waals surface area contributed by atoms with E-state index < -0.39 is 0 Å². The second-order valence-corrected chi connectivity index (χ2v) is 6.71. The van der Waals surface area contributed by atoms with Crippen LogP contribution in [0.2, 0.25) is 0 Å². The first-order valence-corrected chi connectivity index (χ1v) is 9.32. The van der Waals surface area contributed by atoms with E-state index in [0.29, 0.717) is 6.61 Å². The standard InChI is InChI=1S/C22H27NO3/c1-3-26-21-12-5-4-8-18(21)15-23-13-7-10-19(16-23)22(24)17-9-6-11-20(14-17)25-2/h4-6,8-9,11-12,14,19H,3,7,10,13,15-16H2,1-2H3. The largest absolute Gasteiger partial charge is 0.497 e. The maximum absolute atomic E-state index is 12.9. The summed E-state index contributed by atoms with van der Waals surface area (Å²) in [6.45, 7) is 5.28. The molecule has 0 bridgehead atoms. The molecule has 1 atom stereocenters. The van der Waals surface area contributed by atoms with Crippen LogP contribution in [0.1, 0.15) is 35.7 Å². The summed E-state index contributed by atoms with van der Waals surface area (Å²) in [5, 5.41) is 0. The molecule has 0 N–H and O–H groups in total. The summed E-state index contributed by atoms with van der Waals surface area (Å²) >= 11 is 0. The van der Waals surface area contributed by atoms with Gasteiger partial charge in [-0.1, -0.05) is 30.3 Å². The highest BCUT2D eigenvalue weighted by molar-refractivity contribution is 5.98. The van der Waals surface area contributed by atoms with Gasteiger partial charge in [0.05, 0.1) is 13.7 Å². The highest BCUT2D eigenvalue weighted by atomic mass is 16.5. The van der Waals surface area contributed by atoms with Gasteiger partial charge in [-0.25, -0.2) is 0 Å². The van der Waals surface area contributed by atoms with Crippen molar-refractivity contribution >= 4 is 5.78 Å². The van der Waals surface area contributed by atoms with Gasteiger partial charge in [0.25, 0.3) is 0 Å². The molecular weight excluding hydrogens is 326 g/mol. The quantitative estimate of drug-likeness (QED) is 0.700. The Kier molecular flexibility index (Phi) is 6.29. The Balaban J connectivity index is 1.68. The molecule has 138 valence electrons. The molecule has 0 amide bonds. The van der Waals surface area contributed by atoms with E-state index in [-0.39, 0.29) is 11.7 Å². The van der Waals surface area contributed by atoms with Crippen LogP contribution in [0.15, 0.2) is 48.5 Å². The fourth-order valence-electron chi connectivity index (χ4n) is 3.60. The normalized spacial score (nSPS) is 17.7. The van der Waals surface area contributed by atoms with Gasteiger partial charge in [0, 0.05) is 30.1 Å². The summed E-state index contributed by atoms with van der Waals surface area (Å²) < 4.78 is 11.0. The molecule has 26 heavy (non-hydrogen) atoms. The van der Waals surface area contributed by atoms with Crippen LogP contribution in [-0.4, -0.2) is 37.5 Å². The number of nitrogens with zero attached hydrogens (tertiary/aromatic N) is 1. The van der Waals surface area contributed by atoms with E-state index in [1.807, 2.05) is 49.4 Å². The van der Waals surface area contributed by atoms with Crippen LogP contribution in [0.4, 0.5) is 0 Å². The lowest BCUT2D eigenvalue weighted by Gasteiger charge is -2.32. The zero-order chi connectivity index (χ0) is 18.4. The number of carbonyl (C=O) groups is 1. The molecule has 1 aliphatic rings. The van der Waals surface area contributed by atoms with E-state index in [0.717, 1.165) is 49.5 Å². The molecule has 0 spiro atoms. The zero-order valence-electron chi connectivity index (χ0n) is 15.6. The Hall–Kier alpha value is -2.33. The van der Waals surface area contributed by atoms with E-state index >= 15 is 0 Å². The first kappa shape index (κ1) is 18.5. The smallest absolute Gasteiger partial charge is 0.167 e. The molecule has 0 saturated carbocycles. The number of ether oxygens (including phenoxy) is 2. The molecule has 0 radical (unpaired) electrons. The third-order valence-electron chi connectivity index (χ3n) is 4.90. The Morgan fingerprint density at radius 3 is 2.85 bits per heavy atom. The van der Waals surface area contributed by atoms with Crippen molar-refractivity contribution in [2.24, 2.45) is 5.92 Å². The van der Waals surface area contributed by atoms with Crippen LogP contribution in [0, 0.1) is 5.92 Å². The van der Waals surface area contributed by atoms with Gasteiger partial charge in [0.1, 0.15) is 11.5 Å². The molecule has 1 unspecified atom stereocenters. The van der Waals surface area contributed by atoms with Crippen molar-refractivity contribution in [1.29, 1.82) is 0 Å². The van der Waals surface area contributed by atoms with Gasteiger partial charge < -0.3 is 9.47 Å². The Labute approximate surface area is 155 Å². The van der Waals surface area contributed by atoms with Gasteiger partial charge in [0.2, 0.25) is 0 Å². The molecular formula is C22H27NO3. The summed E-state index contributed by atoms with van der Waals surface area (Å²) in [5.74, 6) is 1.92. The maximum Gasteiger partial charge on any atom is 0.167 e. The molecule has 1 aliphatic heterocycles. The number of benzene rings is 2. The van der Waals surface area contributed by atoms with Crippen LogP contribution in [0.3, 0.4) is 0 Å². The number of carbonyl (C=O) groups excluding carboxylic acids is 1. The number of likely N-dealkylation sites (tertiary alicyclic amines) is 1. The summed E-state index contributed by atoms with van der Waals surface area (Å²) in [6, 6.07) is 15.6. The Morgan fingerprint density at radius 1 is 1.19 bits per heavy atom. The summed E-state index contributed by atoms with van der Waals surface area (Å²) in [5.41, 5.74) is 1.93. The van der Waals surface area contributed by atoms with Crippen LogP contribution in [0.5, 0.6) is 11.5 Å². The summed E-state index contributed by atoms with van der Waals surface area (Å²) in [4.78, 5) is 15.3. The molecule has 2 aromatic rings. The average Bonchev–Trinajstić information content (AvgIpc) is 2.69. The highest BCUT2D eigenvalue weighted by Gasteiger charge is 2.27. The van der Waals surface area contributed by atoms with E-state index in [1.165, 1.54) is 5.56 Å². The number of rotatable bonds is 7. The van der Waals surface area contributed by atoms with Crippen LogP contribution in [0.25, 0.3) is 0 Å². The van der Waals surface area contributed by atoms with Gasteiger partial charge >= 0.3 is 0 Å². The lowest BCUT2D eigenvalue weighted by atomic mass is 9.89. The van der Waals surface area contributed by atoms with Crippen LogP contribution in [-0.2, 0) is 6.54 Å². The number of para-hydroxylation sites is 1. The zero-order valence-corrected chi connectivity index (χ0v) is 15.6. The number of piperidine rings is 1. The van der Waals surface area contributed by atoms with Crippen molar-refractivity contribution in [2.75, 3.05) is 26.8 Å². The topological polar surface area (TPSA) is 38.8 Å². The van der Waals surface area contributed by atoms with Crippen LogP contribution < -0.4 is 9.47 Å². The monoisotopic (exact) mass is 353 g/mol. The van der Waals surface area contributed by atoms with Gasteiger partial charge in [-0.2, -0.15) is 0 Å². The minimum atomic E-state index is 0.0371. The van der Waals surface area contributed by atoms with Gasteiger partial charge in [-0.15, -0.1) is 0 Å². The lowest BCUT2D eigenvalue weighted by molar-refractivity contribution is 0.0810. The molecule has 2 aromatic carbocycles. The van der Waals surface area contributed by atoms with E-state index in [1.54, 1.807) is 7.11 Å². The van der Waals surface area contributed by atoms with Crippen molar-refractivity contribution in [3.63, 3.8) is 0 Å². The molecule has 1 heterocycles. The summed E-state index contributed by atoms with van der Waals surface area (Å²) in [7, 11) is 1.63. The van der Waals surface area contributed by atoms with Crippen molar-refractivity contribution < 1.29 is 14.3 Å². The number of methoxy groups -OCH3 is 1. The third kappa shape index (κ3) is 4.44. The van der Waals surface area contributed by atoms with Crippen molar-refractivity contribution in [1.82, 2.24) is 4.90 Å². The third-order valence-corrected chi connectivity index (χ3v) is 4.90. The average molecular weight is 353 g/mol. The van der Waals surface area contributed by atoms with Crippen molar-refractivity contribution in [3.05, 3.63) is 59.7 Å². The number of Topliss-reactive ketones (excluding diaryl/α,β-unsaturated/α-hetero) is 1. The highest BCUT2D eigenvalue weighted by Crippen LogP contribution is 2.26. The predicted molar refractivity (Wildman–Crippen MR) is 103 cm³/mol. The van der Waals surface area contributed by atoms with E-state index in [2.05, 4.69) is 11.0 Å². The second-order valence-electron chi connectivity index (χ2n) is 6.71. The summed E-state index contributed by atoms with van der Waals surface area (Å²) in [6.07, 6.45) is 1.98. The number of hydrogen-bond donors (Lipinski definition) is 0. The Bertz CT molecular complexity index is 744. The van der Waals surface area contributed by atoms with Crippen LogP contribution >= 0.6 is 0 Å².